The molecule has 5 nitrogen and oxygen atoms in total. The molecule has 1 saturated heterocycles. The van der Waals surface area contributed by atoms with Crippen molar-refractivity contribution in [2.24, 2.45) is 0 Å². The lowest BCUT2D eigenvalue weighted by Gasteiger charge is -2.25. The third-order valence-electron chi connectivity index (χ3n) is 5.06. The molecule has 1 aromatic carbocycles. The van der Waals surface area contributed by atoms with Crippen LogP contribution in [-0.2, 0) is 17.6 Å². The normalized spacial score (nSPS) is 21.3. The molecule has 1 aromatic heterocycles. The number of fused-ring (bicyclic) bond motifs is 1. The van der Waals surface area contributed by atoms with E-state index in [1.54, 1.807) is 6.33 Å². The van der Waals surface area contributed by atoms with Gasteiger partial charge in [0.05, 0.1) is 12.3 Å². The number of aryl methyl sites for hydroxylation is 1. The van der Waals surface area contributed by atoms with Crippen molar-refractivity contribution in [1.29, 1.82) is 0 Å². The molecule has 24 heavy (non-hydrogen) atoms. The Bertz CT molecular complexity index is 695. The average molecular weight is 324 g/mol. The fourth-order valence-corrected chi connectivity index (χ4v) is 3.60. The molecule has 2 aromatic rings. The molecule has 0 saturated carbocycles. The van der Waals surface area contributed by atoms with E-state index in [0.717, 1.165) is 57.1 Å². The lowest BCUT2D eigenvalue weighted by atomic mass is 10.1. The Morgan fingerprint density at radius 1 is 1.12 bits per heavy atom. The summed E-state index contributed by atoms with van der Waals surface area (Å²) in [7, 11) is 0. The molecule has 5 heteroatoms. The van der Waals surface area contributed by atoms with Crippen LogP contribution >= 0.6 is 0 Å². The standard InChI is InChI=1S/C19H24N4O/c1-14-2-4-15(5-3-14)22-19-17-6-9-23(16-8-11-24-12-16)10-7-18(17)20-13-21-19/h2-5,13,16H,6-12H2,1H3,(H,20,21,22). The number of benzene rings is 1. The Balaban J connectivity index is 1.53. The van der Waals surface area contributed by atoms with Crippen molar-refractivity contribution in [3.63, 3.8) is 0 Å². The Morgan fingerprint density at radius 3 is 2.75 bits per heavy atom. The fraction of sp³-hybridized carbons (Fsp3) is 0.474. The van der Waals surface area contributed by atoms with Crippen LogP contribution in [0.15, 0.2) is 30.6 Å². The second kappa shape index (κ2) is 6.87. The van der Waals surface area contributed by atoms with Gasteiger partial charge in [-0.3, -0.25) is 4.90 Å². The van der Waals surface area contributed by atoms with Crippen LogP contribution in [-0.4, -0.2) is 47.2 Å². The predicted molar refractivity (Wildman–Crippen MR) is 94.7 cm³/mol. The third kappa shape index (κ3) is 3.28. The van der Waals surface area contributed by atoms with E-state index in [9.17, 15) is 0 Å². The van der Waals surface area contributed by atoms with Gasteiger partial charge in [0, 0.05) is 43.4 Å². The molecule has 3 heterocycles. The monoisotopic (exact) mass is 324 g/mol. The Kier molecular flexibility index (Phi) is 4.45. The van der Waals surface area contributed by atoms with Crippen LogP contribution in [0.1, 0.15) is 23.2 Å². The van der Waals surface area contributed by atoms with Crippen molar-refractivity contribution in [3.8, 4) is 0 Å². The fourth-order valence-electron chi connectivity index (χ4n) is 3.60. The molecule has 2 aliphatic heterocycles. The molecular weight excluding hydrogens is 300 g/mol. The van der Waals surface area contributed by atoms with Gasteiger partial charge in [0.2, 0.25) is 0 Å². The van der Waals surface area contributed by atoms with Crippen LogP contribution in [0.2, 0.25) is 0 Å². The minimum atomic E-state index is 0.570. The van der Waals surface area contributed by atoms with Gasteiger partial charge in [0.15, 0.2) is 0 Å². The Morgan fingerprint density at radius 2 is 1.96 bits per heavy atom. The molecule has 0 amide bonds. The summed E-state index contributed by atoms with van der Waals surface area (Å²) in [4.78, 5) is 11.6. The van der Waals surface area contributed by atoms with E-state index in [0.29, 0.717) is 6.04 Å². The molecule has 0 radical (unpaired) electrons. The summed E-state index contributed by atoms with van der Waals surface area (Å²) in [5.74, 6) is 0.952. The minimum absolute atomic E-state index is 0.570. The second-order valence-corrected chi connectivity index (χ2v) is 6.69. The average Bonchev–Trinajstić information content (AvgIpc) is 3.04. The van der Waals surface area contributed by atoms with E-state index in [1.165, 1.54) is 16.8 Å². The molecule has 1 fully saturated rings. The number of aromatic nitrogens is 2. The number of nitrogens with one attached hydrogen (secondary N) is 1. The first-order chi connectivity index (χ1) is 11.8. The SMILES string of the molecule is Cc1ccc(Nc2ncnc3c2CCN(C2CCOC2)CC3)cc1. The number of hydrogen-bond acceptors (Lipinski definition) is 5. The van der Waals surface area contributed by atoms with E-state index in [2.05, 4.69) is 51.4 Å². The highest BCUT2D eigenvalue weighted by molar-refractivity contribution is 5.60. The first kappa shape index (κ1) is 15.5. The molecular formula is C19H24N4O. The molecule has 1 N–H and O–H groups in total. The van der Waals surface area contributed by atoms with Gasteiger partial charge in [-0.25, -0.2) is 9.97 Å². The second-order valence-electron chi connectivity index (χ2n) is 6.69. The molecule has 4 rings (SSSR count). The third-order valence-corrected chi connectivity index (χ3v) is 5.06. The van der Waals surface area contributed by atoms with Gasteiger partial charge in [0.1, 0.15) is 12.1 Å². The lowest BCUT2D eigenvalue weighted by molar-refractivity contribution is 0.147. The van der Waals surface area contributed by atoms with Crippen LogP contribution < -0.4 is 5.32 Å². The van der Waals surface area contributed by atoms with Crippen molar-refractivity contribution in [3.05, 3.63) is 47.4 Å². The van der Waals surface area contributed by atoms with E-state index >= 15 is 0 Å². The van der Waals surface area contributed by atoms with E-state index in [4.69, 9.17) is 4.74 Å². The Labute approximate surface area is 143 Å². The van der Waals surface area contributed by atoms with Crippen LogP contribution in [0, 0.1) is 6.92 Å². The number of rotatable bonds is 3. The summed E-state index contributed by atoms with van der Waals surface area (Å²) >= 11 is 0. The van der Waals surface area contributed by atoms with Crippen LogP contribution in [0.25, 0.3) is 0 Å². The first-order valence-corrected chi connectivity index (χ1v) is 8.78. The van der Waals surface area contributed by atoms with Gasteiger partial charge in [-0.05, 0) is 31.9 Å². The summed E-state index contributed by atoms with van der Waals surface area (Å²) in [5.41, 5.74) is 4.78. The van der Waals surface area contributed by atoms with Crippen molar-refractivity contribution in [1.82, 2.24) is 14.9 Å². The first-order valence-electron chi connectivity index (χ1n) is 8.78. The highest BCUT2D eigenvalue weighted by atomic mass is 16.5. The van der Waals surface area contributed by atoms with Gasteiger partial charge in [-0.15, -0.1) is 0 Å². The van der Waals surface area contributed by atoms with Crippen LogP contribution in [0.4, 0.5) is 11.5 Å². The molecule has 0 spiro atoms. The quantitative estimate of drug-likeness (QED) is 0.941. The summed E-state index contributed by atoms with van der Waals surface area (Å²) in [5, 5.41) is 3.48. The smallest absolute Gasteiger partial charge is 0.137 e. The van der Waals surface area contributed by atoms with Crippen LogP contribution in [0.3, 0.4) is 0 Å². The highest BCUT2D eigenvalue weighted by Gasteiger charge is 2.26. The zero-order valence-electron chi connectivity index (χ0n) is 14.2. The molecule has 1 atom stereocenters. The number of anilines is 2. The summed E-state index contributed by atoms with van der Waals surface area (Å²) in [6.45, 7) is 5.98. The summed E-state index contributed by atoms with van der Waals surface area (Å²) in [6, 6.07) is 9.00. The van der Waals surface area contributed by atoms with E-state index < -0.39 is 0 Å². The van der Waals surface area contributed by atoms with Gasteiger partial charge in [0.25, 0.3) is 0 Å². The van der Waals surface area contributed by atoms with E-state index in [-0.39, 0.29) is 0 Å². The summed E-state index contributed by atoms with van der Waals surface area (Å²) < 4.78 is 5.56. The van der Waals surface area contributed by atoms with Crippen molar-refractivity contribution in [2.75, 3.05) is 31.6 Å². The van der Waals surface area contributed by atoms with Crippen LogP contribution in [0.5, 0.6) is 0 Å². The lowest BCUT2D eigenvalue weighted by Crippen LogP contribution is -2.37. The van der Waals surface area contributed by atoms with Gasteiger partial charge in [-0.2, -0.15) is 0 Å². The summed E-state index contributed by atoms with van der Waals surface area (Å²) in [6.07, 6.45) is 4.80. The van der Waals surface area contributed by atoms with Gasteiger partial charge < -0.3 is 10.1 Å². The van der Waals surface area contributed by atoms with Crippen molar-refractivity contribution >= 4 is 11.5 Å². The predicted octanol–water partition coefficient (Wildman–Crippen LogP) is 2.72. The topological polar surface area (TPSA) is 50.3 Å². The highest BCUT2D eigenvalue weighted by Crippen LogP contribution is 2.25. The molecule has 2 aliphatic rings. The molecule has 0 aliphatic carbocycles. The number of ether oxygens (including phenoxy) is 1. The molecule has 0 bridgehead atoms. The number of nitrogens with zero attached hydrogens (tertiary/aromatic N) is 3. The van der Waals surface area contributed by atoms with Crippen molar-refractivity contribution < 1.29 is 4.74 Å². The van der Waals surface area contributed by atoms with E-state index in [1.807, 2.05) is 0 Å². The maximum atomic E-state index is 5.56. The van der Waals surface area contributed by atoms with Crippen molar-refractivity contribution in [2.45, 2.75) is 32.2 Å². The zero-order valence-corrected chi connectivity index (χ0v) is 14.2. The Hall–Kier alpha value is -1.98. The number of hydrogen-bond donors (Lipinski definition) is 1. The largest absolute Gasteiger partial charge is 0.380 e. The maximum Gasteiger partial charge on any atom is 0.137 e. The van der Waals surface area contributed by atoms with Gasteiger partial charge >= 0.3 is 0 Å². The zero-order chi connectivity index (χ0) is 16.4. The minimum Gasteiger partial charge on any atom is -0.380 e. The van der Waals surface area contributed by atoms with Gasteiger partial charge in [-0.1, -0.05) is 17.7 Å². The molecule has 126 valence electrons. The maximum absolute atomic E-state index is 5.56. The molecule has 1 unspecified atom stereocenters.